The molecule has 4 unspecified atom stereocenters. The maximum atomic E-state index is 2.67. The zero-order chi connectivity index (χ0) is 32.7. The number of allylic oxidation sites excluding steroid dienone is 4. The van der Waals surface area contributed by atoms with Crippen molar-refractivity contribution in [2.24, 2.45) is 11.8 Å². The molecular formula is C47H38N2. The van der Waals surface area contributed by atoms with Gasteiger partial charge in [0.25, 0.3) is 0 Å². The van der Waals surface area contributed by atoms with Gasteiger partial charge in [0.15, 0.2) is 0 Å². The molecule has 6 aromatic rings. The summed E-state index contributed by atoms with van der Waals surface area (Å²) in [4.78, 5) is 5.12. The van der Waals surface area contributed by atoms with E-state index in [4.69, 9.17) is 0 Å². The van der Waals surface area contributed by atoms with Gasteiger partial charge in [-0.2, -0.15) is 0 Å². The van der Waals surface area contributed by atoms with E-state index in [-0.39, 0.29) is 5.41 Å². The van der Waals surface area contributed by atoms with E-state index in [0.717, 1.165) is 5.69 Å². The van der Waals surface area contributed by atoms with Gasteiger partial charge in [0.2, 0.25) is 0 Å². The zero-order valence-corrected chi connectivity index (χ0v) is 27.9. The molecule has 0 radical (unpaired) electrons. The molecule has 236 valence electrons. The van der Waals surface area contributed by atoms with Crippen LogP contribution in [-0.4, -0.2) is 12.1 Å². The molecule has 0 spiro atoms. The average molecular weight is 631 g/mol. The fourth-order valence-corrected chi connectivity index (χ4v) is 9.27. The summed E-state index contributed by atoms with van der Waals surface area (Å²) in [6.45, 7) is 4.82. The molecule has 10 rings (SSSR count). The van der Waals surface area contributed by atoms with Gasteiger partial charge in [0, 0.05) is 39.7 Å². The topological polar surface area (TPSA) is 6.48 Å². The summed E-state index contributed by atoms with van der Waals surface area (Å²) < 4.78 is 0. The van der Waals surface area contributed by atoms with Crippen LogP contribution in [0.3, 0.4) is 0 Å². The second-order valence-corrected chi connectivity index (χ2v) is 14.5. The highest BCUT2D eigenvalue weighted by Gasteiger charge is 2.46. The van der Waals surface area contributed by atoms with Crippen LogP contribution in [0.2, 0.25) is 0 Å². The number of rotatable bonds is 4. The molecule has 49 heavy (non-hydrogen) atoms. The van der Waals surface area contributed by atoms with Gasteiger partial charge in [-0.1, -0.05) is 141 Å². The number of anilines is 4. The summed E-state index contributed by atoms with van der Waals surface area (Å²) in [7, 11) is 0. The van der Waals surface area contributed by atoms with Crippen molar-refractivity contribution in [1.29, 1.82) is 0 Å². The highest BCUT2D eigenvalue weighted by atomic mass is 15.2. The fraction of sp³-hybridized carbons (Fsp3) is 0.149. The van der Waals surface area contributed by atoms with Crippen molar-refractivity contribution in [2.45, 2.75) is 31.3 Å². The van der Waals surface area contributed by atoms with Crippen LogP contribution in [0.5, 0.6) is 0 Å². The van der Waals surface area contributed by atoms with Crippen LogP contribution >= 0.6 is 0 Å². The average Bonchev–Trinajstić information content (AvgIpc) is 3.60. The Balaban J connectivity index is 1.11. The molecule has 1 heterocycles. The minimum Gasteiger partial charge on any atom is -0.357 e. The number of hydrogen-bond donors (Lipinski definition) is 0. The third-order valence-corrected chi connectivity index (χ3v) is 11.6. The van der Waals surface area contributed by atoms with E-state index in [0.29, 0.717) is 23.9 Å². The van der Waals surface area contributed by atoms with Gasteiger partial charge < -0.3 is 9.80 Å². The summed E-state index contributed by atoms with van der Waals surface area (Å²) in [5.41, 5.74) is 10.2. The molecule has 2 nitrogen and oxygen atoms in total. The summed E-state index contributed by atoms with van der Waals surface area (Å²) in [5, 5.41) is 5.05. The Hall–Kier alpha value is -5.60. The molecule has 0 aromatic heterocycles. The molecule has 0 saturated carbocycles. The van der Waals surface area contributed by atoms with Gasteiger partial charge in [-0.05, 0) is 80.9 Å². The predicted molar refractivity (Wildman–Crippen MR) is 207 cm³/mol. The predicted octanol–water partition coefficient (Wildman–Crippen LogP) is 11.8. The normalized spacial score (nSPS) is 22.3. The minimum atomic E-state index is -0.159. The third kappa shape index (κ3) is 4.20. The molecular weight excluding hydrogens is 593 g/mol. The van der Waals surface area contributed by atoms with Gasteiger partial charge in [-0.3, -0.25) is 0 Å². The molecule has 6 aromatic carbocycles. The number of hydrogen-bond acceptors (Lipinski definition) is 2. The largest absolute Gasteiger partial charge is 0.357 e. The van der Waals surface area contributed by atoms with E-state index in [9.17, 15) is 0 Å². The molecule has 1 aliphatic heterocycles. The van der Waals surface area contributed by atoms with Crippen molar-refractivity contribution in [2.75, 3.05) is 9.80 Å². The summed E-state index contributed by atoms with van der Waals surface area (Å²) >= 11 is 0. The van der Waals surface area contributed by atoms with Crippen LogP contribution in [0, 0.1) is 11.8 Å². The molecule has 3 aliphatic carbocycles. The Bertz CT molecular complexity index is 2370. The van der Waals surface area contributed by atoms with Crippen molar-refractivity contribution in [3.8, 4) is 11.1 Å². The zero-order valence-electron chi connectivity index (χ0n) is 27.9. The summed E-state index contributed by atoms with van der Waals surface area (Å²) in [6, 6.07) is 45.9. The number of fused-ring (bicyclic) bond motifs is 9. The van der Waals surface area contributed by atoms with Crippen molar-refractivity contribution in [3.05, 3.63) is 181 Å². The van der Waals surface area contributed by atoms with Crippen LogP contribution in [0.1, 0.15) is 25.0 Å². The lowest BCUT2D eigenvalue weighted by atomic mass is 9.82. The van der Waals surface area contributed by atoms with Crippen molar-refractivity contribution in [1.82, 2.24) is 0 Å². The van der Waals surface area contributed by atoms with Crippen molar-refractivity contribution in [3.63, 3.8) is 0 Å². The monoisotopic (exact) mass is 630 g/mol. The first-order chi connectivity index (χ1) is 24.1. The first-order valence-corrected chi connectivity index (χ1v) is 17.6. The van der Waals surface area contributed by atoms with E-state index in [2.05, 4.69) is 194 Å². The third-order valence-electron chi connectivity index (χ3n) is 11.6. The van der Waals surface area contributed by atoms with E-state index < -0.39 is 0 Å². The Morgan fingerprint density at radius 1 is 0.510 bits per heavy atom. The van der Waals surface area contributed by atoms with Crippen molar-refractivity contribution >= 4 is 44.3 Å². The van der Waals surface area contributed by atoms with Gasteiger partial charge in [0.1, 0.15) is 0 Å². The van der Waals surface area contributed by atoms with E-state index in [1.54, 1.807) is 0 Å². The van der Waals surface area contributed by atoms with E-state index >= 15 is 0 Å². The standard InChI is InChI=1S/C47H38N2/c1-47(2)42-29-33(48(32-15-4-3-5-16-32)46-28-31-14-6-7-17-35(31)36-18-8-9-19-39(36)46)24-26-37(42)38-27-25-34(30-43(38)47)49-44-22-12-10-20-40(44)41-21-11-13-23-45(41)49/h3-30,40-41,44-45H,1-2H3. The van der Waals surface area contributed by atoms with Crippen LogP contribution in [0.15, 0.2) is 170 Å². The maximum absolute atomic E-state index is 2.67. The SMILES string of the molecule is CC1(C)c2cc(N(c3ccccc3)c3cc4ccccc4c4ccccc34)ccc2-c2ccc(N3C4C=CC=CC4C4C=CC=CC43)cc21. The molecule has 0 amide bonds. The quantitative estimate of drug-likeness (QED) is 0.179. The molecule has 2 heteroatoms. The maximum Gasteiger partial charge on any atom is 0.0551 e. The lowest BCUT2D eigenvalue weighted by Crippen LogP contribution is -2.37. The summed E-state index contributed by atoms with van der Waals surface area (Å²) in [5.74, 6) is 0.986. The Morgan fingerprint density at radius 2 is 1.10 bits per heavy atom. The smallest absolute Gasteiger partial charge is 0.0551 e. The lowest BCUT2D eigenvalue weighted by molar-refractivity contribution is 0.527. The molecule has 1 fully saturated rings. The first-order valence-electron chi connectivity index (χ1n) is 17.6. The molecule has 4 atom stereocenters. The number of nitrogens with zero attached hydrogens (tertiary/aromatic N) is 2. The summed E-state index contributed by atoms with van der Waals surface area (Å²) in [6.07, 6.45) is 18.5. The van der Waals surface area contributed by atoms with Crippen LogP contribution < -0.4 is 9.80 Å². The van der Waals surface area contributed by atoms with Crippen LogP contribution in [-0.2, 0) is 5.41 Å². The molecule has 0 bridgehead atoms. The van der Waals surface area contributed by atoms with Crippen molar-refractivity contribution < 1.29 is 0 Å². The first kappa shape index (κ1) is 28.4. The van der Waals surface area contributed by atoms with Crippen LogP contribution in [0.25, 0.3) is 32.7 Å². The Kier molecular flexibility index (Phi) is 6.21. The Labute approximate surface area is 288 Å². The van der Waals surface area contributed by atoms with E-state index in [1.165, 1.54) is 60.9 Å². The molecule has 4 aliphatic rings. The second kappa shape index (κ2) is 10.7. The van der Waals surface area contributed by atoms with Gasteiger partial charge >= 0.3 is 0 Å². The Morgan fingerprint density at radius 3 is 1.84 bits per heavy atom. The molecule has 1 saturated heterocycles. The van der Waals surface area contributed by atoms with Gasteiger partial charge in [-0.15, -0.1) is 0 Å². The fourth-order valence-electron chi connectivity index (χ4n) is 9.27. The van der Waals surface area contributed by atoms with E-state index in [1.807, 2.05) is 0 Å². The minimum absolute atomic E-state index is 0.159. The number of para-hydroxylation sites is 1. The van der Waals surface area contributed by atoms with Crippen LogP contribution in [0.4, 0.5) is 22.7 Å². The lowest BCUT2D eigenvalue weighted by Gasteiger charge is -2.33. The molecule has 0 N–H and O–H groups in total. The second-order valence-electron chi connectivity index (χ2n) is 14.5. The van der Waals surface area contributed by atoms with Gasteiger partial charge in [0.05, 0.1) is 17.8 Å². The number of benzene rings is 6. The van der Waals surface area contributed by atoms with Gasteiger partial charge in [-0.25, -0.2) is 0 Å². The highest BCUT2D eigenvalue weighted by Crippen LogP contribution is 2.53. The highest BCUT2D eigenvalue weighted by molar-refractivity contribution is 6.14.